The molecular weight excluding hydrogens is 434 g/mol. The number of allylic oxidation sites excluding steroid dienone is 2. The normalized spacial score (nSPS) is 12.1. The molecule has 9 heteroatoms. The molecule has 3 aromatic rings. The molecule has 31 heavy (non-hydrogen) atoms. The Labute approximate surface area is 189 Å². The van der Waals surface area contributed by atoms with Crippen molar-refractivity contribution in [2.24, 2.45) is 17.8 Å². The second-order valence-corrected chi connectivity index (χ2v) is 8.69. The number of aromatic nitrogens is 2. The number of para-hydroxylation sites is 1. The Morgan fingerprint density at radius 1 is 1.26 bits per heavy atom. The minimum Gasteiger partial charge on any atom is -0.399 e. The minimum absolute atomic E-state index is 0. The van der Waals surface area contributed by atoms with E-state index < -0.39 is 10.0 Å². The fraction of sp³-hybridized carbons (Fsp3) is 0.182. The van der Waals surface area contributed by atoms with E-state index in [2.05, 4.69) is 16.6 Å². The third kappa shape index (κ3) is 5.34. The van der Waals surface area contributed by atoms with Crippen LogP contribution in [0.4, 0.5) is 5.69 Å². The molecule has 1 heterocycles. The van der Waals surface area contributed by atoms with Gasteiger partial charge in [0.15, 0.2) is 0 Å². The Bertz CT molecular complexity index is 1220. The van der Waals surface area contributed by atoms with Crippen LogP contribution in [-0.2, 0) is 23.5 Å². The molecule has 0 fully saturated rings. The molecule has 164 valence electrons. The molecule has 0 atom stereocenters. The standard InChI is InChI=1S/C22H25N5O2S.ClH/c1-4-17(23)12-14-24-15-13-22-25-20-16-19(10-11-21(20)26(22)2)30(28,29)27(3)18-8-6-5-7-9-18;/h4-12,14,16H,1,13,15,23H2,2-3H3;1H/b17-12+,24-14?;. The fourth-order valence-electron chi connectivity index (χ4n) is 2.99. The van der Waals surface area contributed by atoms with Crippen LogP contribution in [0.3, 0.4) is 0 Å². The lowest BCUT2D eigenvalue weighted by atomic mass is 10.3. The first-order valence-electron chi connectivity index (χ1n) is 9.42. The molecule has 1 aromatic heterocycles. The number of aliphatic imine (C=N–C) groups is 1. The van der Waals surface area contributed by atoms with Gasteiger partial charge in [0.1, 0.15) is 5.82 Å². The Morgan fingerprint density at radius 2 is 1.97 bits per heavy atom. The largest absolute Gasteiger partial charge is 0.399 e. The van der Waals surface area contributed by atoms with Gasteiger partial charge in [-0.2, -0.15) is 0 Å². The first-order valence-corrected chi connectivity index (χ1v) is 10.9. The van der Waals surface area contributed by atoms with Gasteiger partial charge in [-0.1, -0.05) is 24.8 Å². The van der Waals surface area contributed by atoms with Gasteiger partial charge in [-0.15, -0.1) is 12.4 Å². The van der Waals surface area contributed by atoms with E-state index in [0.717, 1.165) is 11.3 Å². The molecule has 0 unspecified atom stereocenters. The molecule has 0 aliphatic rings. The predicted octanol–water partition coefficient (Wildman–Crippen LogP) is 3.46. The van der Waals surface area contributed by atoms with E-state index in [1.54, 1.807) is 67.9 Å². The van der Waals surface area contributed by atoms with Crippen LogP contribution < -0.4 is 10.0 Å². The Kier molecular flexibility index (Phi) is 8.01. The van der Waals surface area contributed by atoms with E-state index in [1.807, 2.05) is 17.7 Å². The molecule has 0 amide bonds. The first-order chi connectivity index (χ1) is 14.3. The maximum atomic E-state index is 13.0. The number of sulfonamides is 1. The summed E-state index contributed by atoms with van der Waals surface area (Å²) in [7, 11) is -0.231. The summed E-state index contributed by atoms with van der Waals surface area (Å²) in [6, 6.07) is 14.0. The van der Waals surface area contributed by atoms with Gasteiger partial charge in [0.25, 0.3) is 10.0 Å². The van der Waals surface area contributed by atoms with Crippen LogP contribution in [0.25, 0.3) is 11.0 Å². The number of benzene rings is 2. The monoisotopic (exact) mass is 459 g/mol. The van der Waals surface area contributed by atoms with Crippen molar-refractivity contribution in [2.75, 3.05) is 17.9 Å². The van der Waals surface area contributed by atoms with E-state index >= 15 is 0 Å². The number of rotatable bonds is 8. The first kappa shape index (κ1) is 24.2. The summed E-state index contributed by atoms with van der Waals surface area (Å²) < 4.78 is 29.3. The summed E-state index contributed by atoms with van der Waals surface area (Å²) in [6.45, 7) is 4.12. The molecule has 0 radical (unpaired) electrons. The highest BCUT2D eigenvalue weighted by Crippen LogP contribution is 2.25. The van der Waals surface area contributed by atoms with Crippen LogP contribution in [0.5, 0.6) is 0 Å². The maximum Gasteiger partial charge on any atom is 0.264 e. The number of hydrogen-bond acceptors (Lipinski definition) is 5. The molecule has 3 rings (SSSR count). The lowest BCUT2D eigenvalue weighted by molar-refractivity contribution is 0.594. The van der Waals surface area contributed by atoms with Crippen molar-refractivity contribution >= 4 is 45.4 Å². The molecule has 0 aliphatic heterocycles. The molecular formula is C22H26ClN5O2S. The lowest BCUT2D eigenvalue weighted by Gasteiger charge is -2.19. The summed E-state index contributed by atoms with van der Waals surface area (Å²) in [6.07, 6.45) is 5.50. The average molecular weight is 460 g/mol. The SMILES string of the molecule is C=C/C(N)=C\C=NCCc1nc2cc(S(=O)(=O)N(C)c3ccccc3)ccc2n1C.Cl. The number of nitrogens with two attached hydrogens (primary N) is 1. The third-order valence-corrected chi connectivity index (χ3v) is 6.58. The van der Waals surface area contributed by atoms with Crippen LogP contribution in [0.15, 0.2) is 82.8 Å². The quantitative estimate of drug-likeness (QED) is 0.412. The number of anilines is 1. The molecule has 7 nitrogen and oxygen atoms in total. The van der Waals surface area contributed by atoms with Crippen LogP contribution in [0.1, 0.15) is 5.82 Å². The van der Waals surface area contributed by atoms with Crippen LogP contribution in [0, 0.1) is 0 Å². The number of halogens is 1. The maximum absolute atomic E-state index is 13.0. The molecule has 0 aliphatic carbocycles. The van der Waals surface area contributed by atoms with Gasteiger partial charge in [-0.05, 0) is 42.5 Å². The van der Waals surface area contributed by atoms with Gasteiger partial charge < -0.3 is 10.3 Å². The Balaban J connectivity index is 0.00000341. The predicted molar refractivity (Wildman–Crippen MR) is 130 cm³/mol. The Morgan fingerprint density at radius 3 is 2.65 bits per heavy atom. The molecule has 0 bridgehead atoms. The smallest absolute Gasteiger partial charge is 0.264 e. The van der Waals surface area contributed by atoms with Crippen molar-refractivity contribution in [1.82, 2.24) is 9.55 Å². The van der Waals surface area contributed by atoms with Crippen LogP contribution in [-0.4, -0.2) is 37.8 Å². The van der Waals surface area contributed by atoms with Crippen molar-refractivity contribution in [2.45, 2.75) is 11.3 Å². The third-order valence-electron chi connectivity index (χ3n) is 4.80. The number of imidazole rings is 1. The average Bonchev–Trinajstić information content (AvgIpc) is 3.08. The van der Waals surface area contributed by atoms with Gasteiger partial charge in [-0.25, -0.2) is 13.4 Å². The second-order valence-electron chi connectivity index (χ2n) is 6.72. The zero-order valence-corrected chi connectivity index (χ0v) is 19.1. The molecule has 2 N–H and O–H groups in total. The van der Waals surface area contributed by atoms with Gasteiger partial charge in [0.2, 0.25) is 0 Å². The molecule has 0 saturated heterocycles. The van der Waals surface area contributed by atoms with Gasteiger partial charge in [0.05, 0.1) is 21.6 Å². The summed E-state index contributed by atoms with van der Waals surface area (Å²) in [5, 5.41) is 0. The van der Waals surface area contributed by atoms with Crippen molar-refractivity contribution in [3.8, 4) is 0 Å². The van der Waals surface area contributed by atoms with E-state index in [4.69, 9.17) is 5.73 Å². The highest BCUT2D eigenvalue weighted by molar-refractivity contribution is 7.92. The van der Waals surface area contributed by atoms with Crippen molar-refractivity contribution in [1.29, 1.82) is 0 Å². The van der Waals surface area contributed by atoms with Crippen molar-refractivity contribution < 1.29 is 8.42 Å². The summed E-state index contributed by atoms with van der Waals surface area (Å²) in [5.41, 5.74) is 8.28. The van der Waals surface area contributed by atoms with E-state index in [0.29, 0.717) is 29.9 Å². The minimum atomic E-state index is -3.69. The van der Waals surface area contributed by atoms with E-state index in [-0.39, 0.29) is 17.3 Å². The molecule has 2 aromatic carbocycles. The van der Waals surface area contributed by atoms with E-state index in [1.165, 1.54) is 4.31 Å². The molecule has 0 spiro atoms. The van der Waals surface area contributed by atoms with Gasteiger partial charge in [0, 0.05) is 39.0 Å². The summed E-state index contributed by atoms with van der Waals surface area (Å²) in [4.78, 5) is 9.11. The van der Waals surface area contributed by atoms with Gasteiger partial charge >= 0.3 is 0 Å². The highest BCUT2D eigenvalue weighted by Gasteiger charge is 2.22. The molecule has 0 saturated carbocycles. The highest BCUT2D eigenvalue weighted by atomic mass is 35.5. The van der Waals surface area contributed by atoms with Crippen LogP contribution in [0.2, 0.25) is 0 Å². The Hall–Kier alpha value is -3.10. The summed E-state index contributed by atoms with van der Waals surface area (Å²) in [5.74, 6) is 0.828. The zero-order chi connectivity index (χ0) is 21.7. The number of fused-ring (bicyclic) bond motifs is 1. The summed E-state index contributed by atoms with van der Waals surface area (Å²) >= 11 is 0. The van der Waals surface area contributed by atoms with Crippen LogP contribution >= 0.6 is 12.4 Å². The second kappa shape index (κ2) is 10.3. The number of hydrogen-bond donors (Lipinski definition) is 1. The number of nitrogens with zero attached hydrogens (tertiary/aromatic N) is 4. The fourth-order valence-corrected chi connectivity index (χ4v) is 4.21. The van der Waals surface area contributed by atoms with Crippen molar-refractivity contribution in [3.63, 3.8) is 0 Å². The topological polar surface area (TPSA) is 93.6 Å². The van der Waals surface area contributed by atoms with Gasteiger partial charge in [-0.3, -0.25) is 9.30 Å². The zero-order valence-electron chi connectivity index (χ0n) is 17.5. The van der Waals surface area contributed by atoms with Crippen molar-refractivity contribution in [3.05, 3.63) is 78.8 Å². The van der Waals surface area contributed by atoms with E-state index in [9.17, 15) is 8.42 Å². The number of aryl methyl sites for hydroxylation is 1. The lowest BCUT2D eigenvalue weighted by Crippen LogP contribution is -2.26.